The van der Waals surface area contributed by atoms with Gasteiger partial charge in [0, 0.05) is 0 Å². The molecular formula is C12H10ClF4NO4. The van der Waals surface area contributed by atoms with Gasteiger partial charge in [-0.1, -0.05) is 12.1 Å². The number of carbonyl (C=O) groups is 2. The fourth-order valence-electron chi connectivity index (χ4n) is 1.47. The van der Waals surface area contributed by atoms with Gasteiger partial charge >= 0.3 is 12.1 Å². The van der Waals surface area contributed by atoms with Crippen molar-refractivity contribution in [1.82, 2.24) is 0 Å². The van der Waals surface area contributed by atoms with Crippen LogP contribution in [0.1, 0.15) is 0 Å². The topological polar surface area (TPSA) is 75.6 Å². The van der Waals surface area contributed by atoms with Gasteiger partial charge in [0.15, 0.2) is 5.38 Å². The third-order valence-corrected chi connectivity index (χ3v) is 3.17. The Labute approximate surface area is 126 Å². The molecule has 0 aliphatic carbocycles. The monoisotopic (exact) mass is 343 g/mol. The number of hydrogen-bond acceptors (Lipinski definition) is 4. The van der Waals surface area contributed by atoms with E-state index in [-0.39, 0.29) is 0 Å². The zero-order valence-corrected chi connectivity index (χ0v) is 11.7. The number of amides is 1. The normalized spacial score (nSPS) is 15.6. The highest BCUT2D eigenvalue weighted by Gasteiger charge is 2.67. The van der Waals surface area contributed by atoms with Gasteiger partial charge in [0.2, 0.25) is 5.91 Å². The number of carbonyl (C=O) groups excluding carboxylic acids is 2. The van der Waals surface area contributed by atoms with Crippen molar-refractivity contribution in [3.63, 3.8) is 0 Å². The largest absolute Gasteiger partial charge is 0.467 e. The Morgan fingerprint density at radius 1 is 1.32 bits per heavy atom. The summed E-state index contributed by atoms with van der Waals surface area (Å²) < 4.78 is 55.8. The summed E-state index contributed by atoms with van der Waals surface area (Å²) in [5.41, 5.74) is -4.74. The lowest BCUT2D eigenvalue weighted by Gasteiger charge is -2.30. The van der Waals surface area contributed by atoms with E-state index >= 15 is 0 Å². The van der Waals surface area contributed by atoms with Gasteiger partial charge in [0.05, 0.1) is 12.8 Å². The number of anilines is 1. The fourth-order valence-corrected chi connectivity index (χ4v) is 1.73. The van der Waals surface area contributed by atoms with Crippen LogP contribution in [0.15, 0.2) is 24.3 Å². The third-order valence-electron chi connectivity index (χ3n) is 2.66. The first-order chi connectivity index (χ1) is 10.1. The highest BCUT2D eigenvalue weighted by atomic mass is 35.5. The van der Waals surface area contributed by atoms with Crippen molar-refractivity contribution in [1.29, 1.82) is 0 Å². The molecule has 10 heteroatoms. The molecule has 0 saturated carbocycles. The molecule has 0 fully saturated rings. The molecule has 0 unspecified atom stereocenters. The summed E-state index contributed by atoms with van der Waals surface area (Å²) in [4.78, 5) is 22.9. The number of esters is 1. The number of benzene rings is 1. The standard InChI is InChI=1S/C12H10ClF4NO4/c1-22-10(20)11(21,12(15,16)17)8(13)9(19)18-7-5-3-2-4-6(7)14/h2-5,8,21H,1H3,(H,18,19)/t8-,11+/m1/s1. The van der Waals surface area contributed by atoms with Gasteiger partial charge in [-0.15, -0.1) is 11.6 Å². The number of hydrogen-bond donors (Lipinski definition) is 2. The van der Waals surface area contributed by atoms with Gasteiger partial charge in [-0.25, -0.2) is 9.18 Å². The van der Waals surface area contributed by atoms with Gasteiger partial charge in [0.1, 0.15) is 5.82 Å². The van der Waals surface area contributed by atoms with Crippen LogP contribution in [0.4, 0.5) is 23.2 Å². The number of aliphatic hydroxyl groups is 1. The summed E-state index contributed by atoms with van der Waals surface area (Å²) in [5.74, 6) is -4.73. The van der Waals surface area contributed by atoms with Crippen LogP contribution in [0.3, 0.4) is 0 Å². The number of ether oxygens (including phenoxy) is 1. The molecule has 5 nitrogen and oxygen atoms in total. The van der Waals surface area contributed by atoms with E-state index in [1.54, 1.807) is 5.32 Å². The first kappa shape index (κ1) is 18.2. The number of nitrogens with one attached hydrogen (secondary N) is 1. The van der Waals surface area contributed by atoms with Crippen molar-refractivity contribution in [2.75, 3.05) is 12.4 Å². The first-order valence-electron chi connectivity index (χ1n) is 5.62. The molecule has 122 valence electrons. The van der Waals surface area contributed by atoms with Gasteiger partial charge in [-0.2, -0.15) is 13.2 Å². The van der Waals surface area contributed by atoms with Crippen molar-refractivity contribution in [3.05, 3.63) is 30.1 Å². The molecule has 1 rings (SSSR count). The number of alkyl halides is 4. The number of rotatable bonds is 4. The summed E-state index contributed by atoms with van der Waals surface area (Å²) in [7, 11) is 0.581. The van der Waals surface area contributed by atoms with Crippen LogP contribution < -0.4 is 5.32 Å². The maximum atomic E-state index is 13.3. The lowest BCUT2D eigenvalue weighted by molar-refractivity contribution is -0.260. The van der Waals surface area contributed by atoms with Crippen molar-refractivity contribution >= 4 is 29.2 Å². The second-order valence-corrected chi connectivity index (χ2v) is 4.52. The van der Waals surface area contributed by atoms with Crippen LogP contribution in [0, 0.1) is 5.82 Å². The van der Waals surface area contributed by atoms with E-state index < -0.39 is 40.5 Å². The zero-order chi connectivity index (χ0) is 17.1. The quantitative estimate of drug-likeness (QED) is 0.497. The molecule has 0 spiro atoms. The maximum Gasteiger partial charge on any atom is 0.430 e. The molecule has 1 aromatic carbocycles. The summed E-state index contributed by atoms with van der Waals surface area (Å²) >= 11 is 5.29. The van der Waals surface area contributed by atoms with Gasteiger partial charge in [0.25, 0.3) is 5.60 Å². The van der Waals surface area contributed by atoms with Crippen LogP contribution in [0.25, 0.3) is 0 Å². The molecule has 1 aromatic rings. The number of para-hydroxylation sites is 1. The van der Waals surface area contributed by atoms with Gasteiger partial charge in [-0.3, -0.25) is 4.79 Å². The minimum atomic E-state index is -5.58. The first-order valence-corrected chi connectivity index (χ1v) is 6.06. The zero-order valence-electron chi connectivity index (χ0n) is 10.9. The van der Waals surface area contributed by atoms with Gasteiger partial charge in [-0.05, 0) is 12.1 Å². The predicted molar refractivity (Wildman–Crippen MR) is 67.7 cm³/mol. The van der Waals surface area contributed by atoms with Crippen molar-refractivity contribution in [2.45, 2.75) is 17.2 Å². The summed E-state index contributed by atoms with van der Waals surface area (Å²) in [6.07, 6.45) is -5.58. The molecule has 0 saturated heterocycles. The number of halogens is 5. The Morgan fingerprint density at radius 3 is 2.32 bits per heavy atom. The molecule has 0 radical (unpaired) electrons. The Hall–Kier alpha value is -1.87. The summed E-state index contributed by atoms with van der Waals surface area (Å²) in [6, 6.07) is 4.58. The lowest BCUT2D eigenvalue weighted by Crippen LogP contribution is -2.62. The highest BCUT2D eigenvalue weighted by Crippen LogP contribution is 2.37. The molecule has 0 bridgehead atoms. The SMILES string of the molecule is COC(=O)[C@@](O)([C@H](Cl)C(=O)Nc1ccccc1F)C(F)(F)F. The Morgan fingerprint density at radius 2 is 1.86 bits per heavy atom. The molecule has 0 heterocycles. The average Bonchev–Trinajstić information content (AvgIpc) is 2.45. The molecule has 2 N–H and O–H groups in total. The van der Waals surface area contributed by atoms with Gasteiger partial charge < -0.3 is 15.2 Å². The van der Waals surface area contributed by atoms with Crippen LogP contribution in [0.2, 0.25) is 0 Å². The van der Waals surface area contributed by atoms with E-state index in [1.807, 2.05) is 0 Å². The van der Waals surface area contributed by atoms with E-state index in [0.717, 1.165) is 12.1 Å². The van der Waals surface area contributed by atoms with Crippen LogP contribution in [0.5, 0.6) is 0 Å². The Bertz CT molecular complexity index is 580. The molecule has 22 heavy (non-hydrogen) atoms. The van der Waals surface area contributed by atoms with Crippen molar-refractivity contribution < 1.29 is 37.0 Å². The molecular weight excluding hydrogens is 334 g/mol. The second-order valence-electron chi connectivity index (χ2n) is 4.09. The van der Waals surface area contributed by atoms with Crippen LogP contribution >= 0.6 is 11.6 Å². The Kier molecular flexibility index (Phi) is 5.36. The van der Waals surface area contributed by atoms with E-state index in [2.05, 4.69) is 4.74 Å². The minimum Gasteiger partial charge on any atom is -0.467 e. The van der Waals surface area contributed by atoms with E-state index in [0.29, 0.717) is 7.11 Å². The molecule has 1 amide bonds. The van der Waals surface area contributed by atoms with Crippen molar-refractivity contribution in [3.8, 4) is 0 Å². The molecule has 2 atom stereocenters. The second kappa shape index (κ2) is 6.49. The lowest BCUT2D eigenvalue weighted by atomic mass is 9.98. The summed E-state index contributed by atoms with van der Waals surface area (Å²) in [5, 5.41) is 8.48. The van der Waals surface area contributed by atoms with Crippen LogP contribution in [-0.2, 0) is 14.3 Å². The third kappa shape index (κ3) is 3.30. The smallest absolute Gasteiger partial charge is 0.430 e. The minimum absolute atomic E-state index is 0.465. The molecule has 0 aliphatic heterocycles. The summed E-state index contributed by atoms with van der Waals surface area (Å²) in [6.45, 7) is 0. The maximum absolute atomic E-state index is 13.3. The average molecular weight is 344 g/mol. The van der Waals surface area contributed by atoms with E-state index in [9.17, 15) is 32.3 Å². The fraction of sp³-hybridized carbons (Fsp3) is 0.333. The molecule has 0 aromatic heterocycles. The van der Waals surface area contributed by atoms with Crippen LogP contribution in [-0.4, -0.2) is 41.2 Å². The van der Waals surface area contributed by atoms with E-state index in [4.69, 9.17) is 11.6 Å². The molecule has 0 aliphatic rings. The number of methoxy groups -OCH3 is 1. The highest BCUT2D eigenvalue weighted by molar-refractivity contribution is 6.35. The Balaban J connectivity index is 3.10. The predicted octanol–water partition coefficient (Wildman–Crippen LogP) is 1.84. The van der Waals surface area contributed by atoms with E-state index in [1.165, 1.54) is 12.1 Å². The van der Waals surface area contributed by atoms with Crippen molar-refractivity contribution in [2.24, 2.45) is 0 Å².